The van der Waals surface area contributed by atoms with Gasteiger partial charge in [-0.2, -0.15) is 11.8 Å². The maximum absolute atomic E-state index is 12.8. The topological polar surface area (TPSA) is 118 Å². The van der Waals surface area contributed by atoms with Gasteiger partial charge in [-0.15, -0.1) is 11.3 Å². The molecule has 0 bridgehead atoms. The third-order valence-electron chi connectivity index (χ3n) is 5.74. The number of alkyl carbamates (subject to hydrolysis) is 1. The van der Waals surface area contributed by atoms with Crippen molar-refractivity contribution in [2.24, 2.45) is 0 Å². The van der Waals surface area contributed by atoms with Crippen LogP contribution in [0.15, 0.2) is 54.7 Å². The molecular weight excluding hydrogens is 486 g/mol. The molecule has 182 valence electrons. The predicted molar refractivity (Wildman–Crippen MR) is 136 cm³/mol. The molecule has 3 N–H and O–H groups in total. The Hall–Kier alpha value is -3.37. The molecule has 0 saturated heterocycles. The number of nitrogens with one attached hydrogen (secondary N) is 2. The highest BCUT2D eigenvalue weighted by atomic mass is 32.2. The van der Waals surface area contributed by atoms with E-state index in [1.54, 1.807) is 11.8 Å². The second-order valence-corrected chi connectivity index (χ2v) is 10.0. The van der Waals surface area contributed by atoms with Crippen molar-refractivity contribution in [2.75, 3.05) is 18.6 Å². The standard InChI is InChI=1S/C25H25N3O5S2/c1-34-11-10-20(23(29)27-13-22-26-12-21(35-22)24(30)31)28-25(32)33-14-19-17-8-4-2-6-15(17)16-7-3-5-9-18(16)19/h2-9,12,19-20H,10-11,13-14H2,1H3,(H,27,29)(H,28,32)(H,30,31). The number of thioether (sulfide) groups is 1. The summed E-state index contributed by atoms with van der Waals surface area (Å²) in [5.74, 6) is -0.836. The highest BCUT2D eigenvalue weighted by Crippen LogP contribution is 2.44. The zero-order valence-electron chi connectivity index (χ0n) is 19.0. The minimum Gasteiger partial charge on any atom is -0.477 e. The fraction of sp³-hybridized carbons (Fsp3) is 0.280. The van der Waals surface area contributed by atoms with Crippen LogP contribution in [-0.4, -0.2) is 52.7 Å². The molecule has 1 atom stereocenters. The molecule has 0 spiro atoms. The number of benzene rings is 2. The van der Waals surface area contributed by atoms with E-state index < -0.39 is 18.1 Å². The summed E-state index contributed by atoms with van der Waals surface area (Å²) in [5, 5.41) is 14.9. The van der Waals surface area contributed by atoms with Crippen molar-refractivity contribution in [2.45, 2.75) is 24.9 Å². The van der Waals surface area contributed by atoms with Crippen molar-refractivity contribution in [3.05, 3.63) is 75.7 Å². The van der Waals surface area contributed by atoms with E-state index in [9.17, 15) is 14.4 Å². The lowest BCUT2D eigenvalue weighted by Crippen LogP contribution is -2.47. The van der Waals surface area contributed by atoms with Gasteiger partial charge in [-0.25, -0.2) is 14.6 Å². The van der Waals surface area contributed by atoms with Crippen LogP contribution in [0, 0.1) is 0 Å². The number of aromatic nitrogens is 1. The zero-order chi connectivity index (χ0) is 24.8. The Bertz CT molecular complexity index is 1180. The molecule has 1 aliphatic rings. The number of carboxylic acids is 1. The van der Waals surface area contributed by atoms with Crippen LogP contribution in [0.25, 0.3) is 11.1 Å². The van der Waals surface area contributed by atoms with Crippen molar-refractivity contribution < 1.29 is 24.2 Å². The summed E-state index contributed by atoms with van der Waals surface area (Å²) in [4.78, 5) is 40.5. The lowest BCUT2D eigenvalue weighted by Gasteiger charge is -2.19. The summed E-state index contributed by atoms with van der Waals surface area (Å²) in [6.45, 7) is 0.243. The normalized spacial score (nSPS) is 12.9. The highest BCUT2D eigenvalue weighted by molar-refractivity contribution is 7.98. The molecule has 3 aromatic rings. The molecule has 1 heterocycles. The van der Waals surface area contributed by atoms with E-state index in [1.165, 1.54) is 6.20 Å². The van der Waals surface area contributed by atoms with Gasteiger partial charge < -0.3 is 20.5 Å². The van der Waals surface area contributed by atoms with Crippen LogP contribution in [0.3, 0.4) is 0 Å². The van der Waals surface area contributed by atoms with Gasteiger partial charge in [-0.1, -0.05) is 48.5 Å². The number of nitrogens with zero attached hydrogens (tertiary/aromatic N) is 1. The summed E-state index contributed by atoms with van der Waals surface area (Å²) in [7, 11) is 0. The van der Waals surface area contributed by atoms with Crippen LogP contribution in [0.1, 0.15) is 38.1 Å². The summed E-state index contributed by atoms with van der Waals surface area (Å²) in [6.07, 6.45) is 2.95. The molecule has 0 fully saturated rings. The largest absolute Gasteiger partial charge is 0.477 e. The first kappa shape index (κ1) is 24.7. The number of carbonyl (C=O) groups is 3. The van der Waals surface area contributed by atoms with Gasteiger partial charge in [-0.3, -0.25) is 4.79 Å². The van der Waals surface area contributed by atoms with Gasteiger partial charge in [0.2, 0.25) is 5.91 Å². The van der Waals surface area contributed by atoms with Crippen LogP contribution in [0.4, 0.5) is 4.79 Å². The van der Waals surface area contributed by atoms with E-state index in [0.717, 1.165) is 33.6 Å². The van der Waals surface area contributed by atoms with Crippen molar-refractivity contribution >= 4 is 41.1 Å². The van der Waals surface area contributed by atoms with Crippen LogP contribution in [0.2, 0.25) is 0 Å². The Balaban J connectivity index is 1.36. The lowest BCUT2D eigenvalue weighted by molar-refractivity contribution is -0.123. The lowest BCUT2D eigenvalue weighted by atomic mass is 9.98. The Labute approximate surface area is 211 Å². The highest BCUT2D eigenvalue weighted by Gasteiger charge is 2.29. The molecule has 0 saturated carbocycles. The average molecular weight is 512 g/mol. The van der Waals surface area contributed by atoms with E-state index in [1.807, 2.05) is 42.7 Å². The van der Waals surface area contributed by atoms with E-state index in [0.29, 0.717) is 17.2 Å². The van der Waals surface area contributed by atoms with Gasteiger partial charge in [0.25, 0.3) is 0 Å². The van der Waals surface area contributed by atoms with Gasteiger partial charge in [0.1, 0.15) is 22.5 Å². The zero-order valence-corrected chi connectivity index (χ0v) is 20.7. The molecule has 1 aromatic heterocycles. The van der Waals surface area contributed by atoms with E-state index >= 15 is 0 Å². The minimum absolute atomic E-state index is 0.0695. The van der Waals surface area contributed by atoms with E-state index in [-0.39, 0.29) is 29.9 Å². The van der Waals surface area contributed by atoms with Gasteiger partial charge in [0.05, 0.1) is 12.7 Å². The number of aromatic carboxylic acids is 1. The maximum Gasteiger partial charge on any atom is 0.407 e. The first-order valence-corrected chi connectivity index (χ1v) is 13.2. The Morgan fingerprint density at radius 3 is 2.37 bits per heavy atom. The number of ether oxygens (including phenoxy) is 1. The Kier molecular flexibility index (Phi) is 8.04. The molecule has 10 heteroatoms. The molecule has 0 radical (unpaired) electrons. The molecule has 4 rings (SSSR count). The fourth-order valence-corrected chi connectivity index (χ4v) is 5.23. The molecule has 1 unspecified atom stereocenters. The van der Waals surface area contributed by atoms with Crippen molar-refractivity contribution in [3.8, 4) is 11.1 Å². The number of hydrogen-bond donors (Lipinski definition) is 3. The fourth-order valence-electron chi connectivity index (χ4n) is 4.06. The van der Waals surface area contributed by atoms with Gasteiger partial charge in [0.15, 0.2) is 0 Å². The van der Waals surface area contributed by atoms with E-state index in [2.05, 4.69) is 27.8 Å². The van der Waals surface area contributed by atoms with E-state index in [4.69, 9.17) is 9.84 Å². The summed E-state index contributed by atoms with van der Waals surface area (Å²) >= 11 is 2.56. The third-order valence-corrected chi connectivity index (χ3v) is 7.37. The summed E-state index contributed by atoms with van der Waals surface area (Å²) in [5.41, 5.74) is 4.51. The SMILES string of the molecule is CSCCC(NC(=O)OCC1c2ccccc2-c2ccccc21)C(=O)NCc1ncc(C(=O)O)s1. The second-order valence-electron chi connectivity index (χ2n) is 7.95. The Morgan fingerprint density at radius 1 is 1.11 bits per heavy atom. The minimum atomic E-state index is -1.06. The molecule has 0 aliphatic heterocycles. The number of carboxylic acid groups (broad SMARTS) is 1. The smallest absolute Gasteiger partial charge is 0.407 e. The molecule has 35 heavy (non-hydrogen) atoms. The molecule has 1 aliphatic carbocycles. The second kappa shape index (κ2) is 11.4. The van der Waals surface area contributed by atoms with Crippen molar-refractivity contribution in [1.82, 2.24) is 15.6 Å². The number of hydrogen-bond acceptors (Lipinski definition) is 7. The molecule has 8 nitrogen and oxygen atoms in total. The number of rotatable bonds is 10. The van der Waals surface area contributed by atoms with Gasteiger partial charge in [0, 0.05) is 5.92 Å². The number of carbonyl (C=O) groups excluding carboxylic acids is 2. The maximum atomic E-state index is 12.8. The van der Waals surface area contributed by atoms with Crippen LogP contribution < -0.4 is 10.6 Å². The van der Waals surface area contributed by atoms with Gasteiger partial charge in [-0.05, 0) is 40.7 Å². The van der Waals surface area contributed by atoms with Crippen LogP contribution in [0.5, 0.6) is 0 Å². The van der Waals surface area contributed by atoms with Crippen LogP contribution in [-0.2, 0) is 16.1 Å². The quantitative estimate of drug-likeness (QED) is 0.375. The predicted octanol–water partition coefficient (Wildman–Crippen LogP) is 4.12. The third kappa shape index (κ3) is 5.83. The Morgan fingerprint density at radius 2 is 1.77 bits per heavy atom. The summed E-state index contributed by atoms with van der Waals surface area (Å²) < 4.78 is 5.58. The summed E-state index contributed by atoms with van der Waals surface area (Å²) in [6, 6.07) is 15.4. The molecular formula is C25H25N3O5S2. The molecule has 2 amide bonds. The van der Waals surface area contributed by atoms with Crippen LogP contribution >= 0.6 is 23.1 Å². The van der Waals surface area contributed by atoms with Crippen molar-refractivity contribution in [3.63, 3.8) is 0 Å². The van der Waals surface area contributed by atoms with Gasteiger partial charge >= 0.3 is 12.1 Å². The average Bonchev–Trinajstić information content (AvgIpc) is 3.47. The first-order chi connectivity index (χ1) is 17.0. The number of fused-ring (bicyclic) bond motifs is 3. The monoisotopic (exact) mass is 511 g/mol. The number of thiazole rings is 1. The number of amides is 2. The molecule has 2 aromatic carbocycles. The van der Waals surface area contributed by atoms with Crippen molar-refractivity contribution in [1.29, 1.82) is 0 Å². The first-order valence-electron chi connectivity index (χ1n) is 11.0.